The number of rotatable bonds is 4. The Morgan fingerprint density at radius 3 is 2.72 bits per heavy atom. The molecular weight excluding hydrogens is 392 g/mol. The molecule has 1 aliphatic heterocycles. The molecule has 0 aliphatic carbocycles. The fourth-order valence-corrected chi connectivity index (χ4v) is 3.29. The first kappa shape index (κ1) is 17.5. The molecule has 0 saturated heterocycles. The maximum atomic E-state index is 12.6. The molecule has 7 nitrogen and oxygen atoms in total. The summed E-state index contributed by atoms with van der Waals surface area (Å²) in [5.74, 6) is 1.90. The Bertz CT molecular complexity index is 1220. The zero-order valence-corrected chi connectivity index (χ0v) is 15.9. The van der Waals surface area contributed by atoms with E-state index in [4.69, 9.17) is 21.1 Å². The van der Waals surface area contributed by atoms with Gasteiger partial charge in [0.05, 0.1) is 0 Å². The molecule has 0 radical (unpaired) electrons. The van der Waals surface area contributed by atoms with Crippen LogP contribution in [-0.2, 0) is 6.54 Å². The summed E-state index contributed by atoms with van der Waals surface area (Å²) in [7, 11) is 0. The Labute approximate surface area is 170 Å². The maximum absolute atomic E-state index is 12.6. The smallest absolute Gasteiger partial charge is 0.251 e. The number of nitrogens with zero attached hydrogens (tertiary/aromatic N) is 3. The molecule has 2 aromatic carbocycles. The normalized spacial score (nSPS) is 12.3. The average molecular weight is 407 g/mol. The minimum atomic E-state index is -0.193. The van der Waals surface area contributed by atoms with E-state index in [2.05, 4.69) is 15.5 Å². The van der Waals surface area contributed by atoms with Gasteiger partial charge < -0.3 is 14.8 Å². The van der Waals surface area contributed by atoms with E-state index in [1.165, 1.54) is 0 Å². The number of pyridine rings is 1. The maximum Gasteiger partial charge on any atom is 0.251 e. The van der Waals surface area contributed by atoms with Crippen LogP contribution in [0.4, 0.5) is 0 Å². The van der Waals surface area contributed by atoms with Gasteiger partial charge in [-0.25, -0.2) is 0 Å². The molecule has 144 valence electrons. The number of nitrogens with one attached hydrogen (secondary N) is 1. The number of hydrogen-bond acceptors (Lipinski definition) is 5. The molecule has 3 heterocycles. The number of fused-ring (bicyclic) bond motifs is 2. The molecule has 8 heteroatoms. The van der Waals surface area contributed by atoms with E-state index in [-0.39, 0.29) is 12.7 Å². The Morgan fingerprint density at radius 2 is 1.86 bits per heavy atom. The lowest BCUT2D eigenvalue weighted by Gasteiger charge is -2.07. The van der Waals surface area contributed by atoms with Gasteiger partial charge >= 0.3 is 0 Å². The number of amides is 1. The predicted molar refractivity (Wildman–Crippen MR) is 107 cm³/mol. The quantitative estimate of drug-likeness (QED) is 0.559. The van der Waals surface area contributed by atoms with Crippen LogP contribution in [0, 0.1) is 0 Å². The van der Waals surface area contributed by atoms with Crippen molar-refractivity contribution in [2.45, 2.75) is 6.54 Å². The van der Waals surface area contributed by atoms with Crippen LogP contribution in [-0.4, -0.2) is 27.3 Å². The minimum Gasteiger partial charge on any atom is -0.454 e. The van der Waals surface area contributed by atoms with Gasteiger partial charge in [-0.1, -0.05) is 17.7 Å². The third-order valence-corrected chi connectivity index (χ3v) is 4.92. The highest BCUT2D eigenvalue weighted by atomic mass is 35.5. The van der Waals surface area contributed by atoms with Gasteiger partial charge in [0.1, 0.15) is 0 Å². The molecule has 0 saturated carbocycles. The summed E-state index contributed by atoms with van der Waals surface area (Å²) in [6.45, 7) is 0.602. The highest BCUT2D eigenvalue weighted by molar-refractivity contribution is 6.30. The lowest BCUT2D eigenvalue weighted by molar-refractivity contribution is 0.0951. The Morgan fingerprint density at radius 1 is 1.03 bits per heavy atom. The molecule has 0 fully saturated rings. The lowest BCUT2D eigenvalue weighted by Crippen LogP contribution is -2.22. The van der Waals surface area contributed by atoms with Crippen molar-refractivity contribution in [3.05, 3.63) is 76.9 Å². The van der Waals surface area contributed by atoms with E-state index in [0.29, 0.717) is 40.1 Å². The van der Waals surface area contributed by atoms with Crippen molar-refractivity contribution in [1.82, 2.24) is 19.9 Å². The van der Waals surface area contributed by atoms with E-state index in [1.54, 1.807) is 30.5 Å². The molecule has 5 rings (SSSR count). The first-order chi connectivity index (χ1) is 14.2. The molecule has 1 N–H and O–H groups in total. The zero-order chi connectivity index (χ0) is 19.8. The van der Waals surface area contributed by atoms with E-state index in [1.807, 2.05) is 34.7 Å². The van der Waals surface area contributed by atoms with Crippen LogP contribution in [0.5, 0.6) is 11.5 Å². The zero-order valence-electron chi connectivity index (χ0n) is 15.1. The van der Waals surface area contributed by atoms with E-state index in [9.17, 15) is 4.79 Å². The highest BCUT2D eigenvalue weighted by Crippen LogP contribution is 2.32. The van der Waals surface area contributed by atoms with Crippen LogP contribution < -0.4 is 14.8 Å². The largest absolute Gasteiger partial charge is 0.454 e. The fraction of sp³-hybridized carbons (Fsp3) is 0.0952. The lowest BCUT2D eigenvalue weighted by atomic mass is 10.2. The summed E-state index contributed by atoms with van der Waals surface area (Å²) >= 11 is 5.95. The van der Waals surface area contributed by atoms with Gasteiger partial charge in [0.25, 0.3) is 5.91 Å². The standard InChI is InChI=1S/C21H15ClN4O3/c22-16-4-2-14(3-5-16)20-25-24-19-10-15(7-8-26(19)20)21(27)23-11-13-1-6-17-18(9-13)29-12-28-17/h1-10H,11-12H2,(H,23,27). The van der Waals surface area contributed by atoms with Gasteiger partial charge in [0.15, 0.2) is 23.0 Å². The van der Waals surface area contributed by atoms with Gasteiger partial charge in [0, 0.05) is 28.9 Å². The topological polar surface area (TPSA) is 77.8 Å². The number of halogens is 1. The number of carbonyl (C=O) groups excluding carboxylic acids is 1. The van der Waals surface area contributed by atoms with E-state index in [0.717, 1.165) is 11.1 Å². The molecule has 0 unspecified atom stereocenters. The van der Waals surface area contributed by atoms with Crippen molar-refractivity contribution < 1.29 is 14.3 Å². The molecule has 0 atom stereocenters. The average Bonchev–Trinajstić information content (AvgIpc) is 3.38. The number of carbonyl (C=O) groups is 1. The molecule has 29 heavy (non-hydrogen) atoms. The minimum absolute atomic E-state index is 0.193. The molecule has 1 aliphatic rings. The molecule has 1 amide bonds. The van der Waals surface area contributed by atoms with Crippen molar-refractivity contribution in [2.75, 3.05) is 6.79 Å². The van der Waals surface area contributed by atoms with E-state index < -0.39 is 0 Å². The number of aromatic nitrogens is 3. The Balaban J connectivity index is 1.33. The van der Waals surface area contributed by atoms with Crippen LogP contribution in [0.1, 0.15) is 15.9 Å². The van der Waals surface area contributed by atoms with Gasteiger partial charge in [-0.15, -0.1) is 10.2 Å². The molecule has 0 bridgehead atoms. The molecule has 4 aromatic rings. The summed E-state index contributed by atoms with van der Waals surface area (Å²) in [5, 5.41) is 12.0. The van der Waals surface area contributed by atoms with Gasteiger partial charge in [0.2, 0.25) is 6.79 Å². The second-order valence-corrected chi connectivity index (χ2v) is 6.98. The number of ether oxygens (including phenoxy) is 2. The van der Waals surface area contributed by atoms with Gasteiger partial charge in [-0.2, -0.15) is 0 Å². The van der Waals surface area contributed by atoms with Crippen molar-refractivity contribution in [3.63, 3.8) is 0 Å². The molecular formula is C21H15ClN4O3. The van der Waals surface area contributed by atoms with Crippen LogP contribution in [0.25, 0.3) is 17.0 Å². The summed E-state index contributed by atoms with van der Waals surface area (Å²) in [4.78, 5) is 12.6. The van der Waals surface area contributed by atoms with Gasteiger partial charge in [-0.05, 0) is 54.1 Å². The van der Waals surface area contributed by atoms with Gasteiger partial charge in [-0.3, -0.25) is 9.20 Å². The van der Waals surface area contributed by atoms with Crippen LogP contribution in [0.2, 0.25) is 5.02 Å². The van der Waals surface area contributed by atoms with Crippen molar-refractivity contribution in [1.29, 1.82) is 0 Å². The summed E-state index contributed by atoms with van der Waals surface area (Å²) in [5.41, 5.74) is 2.91. The second-order valence-electron chi connectivity index (χ2n) is 6.54. The van der Waals surface area contributed by atoms with Crippen molar-refractivity contribution in [2.24, 2.45) is 0 Å². The first-order valence-corrected chi connectivity index (χ1v) is 9.33. The summed E-state index contributed by atoms with van der Waals surface area (Å²) in [6, 6.07) is 16.4. The van der Waals surface area contributed by atoms with Crippen LogP contribution in [0.3, 0.4) is 0 Å². The third-order valence-electron chi connectivity index (χ3n) is 4.66. The SMILES string of the molecule is O=C(NCc1ccc2c(c1)OCO2)c1ccn2c(-c3ccc(Cl)cc3)nnc2c1. The Kier molecular flexibility index (Phi) is 4.29. The number of hydrogen-bond donors (Lipinski definition) is 1. The monoisotopic (exact) mass is 406 g/mol. The summed E-state index contributed by atoms with van der Waals surface area (Å²) < 4.78 is 12.5. The molecule has 0 spiro atoms. The van der Waals surface area contributed by atoms with Crippen molar-refractivity contribution >= 4 is 23.2 Å². The number of benzene rings is 2. The van der Waals surface area contributed by atoms with Crippen LogP contribution in [0.15, 0.2) is 60.8 Å². The fourth-order valence-electron chi connectivity index (χ4n) is 3.16. The Hall–Kier alpha value is -3.58. The van der Waals surface area contributed by atoms with Crippen LogP contribution >= 0.6 is 11.6 Å². The first-order valence-electron chi connectivity index (χ1n) is 8.95. The molecule has 2 aromatic heterocycles. The second kappa shape index (κ2) is 7.10. The third kappa shape index (κ3) is 3.36. The predicted octanol–water partition coefficient (Wildman–Crippen LogP) is 3.71. The van der Waals surface area contributed by atoms with Crippen molar-refractivity contribution in [3.8, 4) is 22.9 Å². The van der Waals surface area contributed by atoms with E-state index >= 15 is 0 Å². The highest BCUT2D eigenvalue weighted by Gasteiger charge is 2.15. The summed E-state index contributed by atoms with van der Waals surface area (Å²) in [6.07, 6.45) is 1.79.